The summed E-state index contributed by atoms with van der Waals surface area (Å²) in [5.74, 6) is 0.977. The highest BCUT2D eigenvalue weighted by atomic mass is 32.2. The van der Waals surface area contributed by atoms with E-state index in [1.54, 1.807) is 16.7 Å². The molecule has 1 spiro atoms. The number of carbonyl (C=O) groups is 1. The van der Waals surface area contributed by atoms with Crippen molar-refractivity contribution >= 4 is 29.4 Å². The maximum absolute atomic E-state index is 12.9. The van der Waals surface area contributed by atoms with Crippen LogP contribution in [0.25, 0.3) is 0 Å². The zero-order chi connectivity index (χ0) is 27.1. The predicted molar refractivity (Wildman–Crippen MR) is 151 cm³/mol. The molecule has 2 aromatic rings. The first kappa shape index (κ1) is 26.6. The number of rotatable bonds is 3. The predicted octanol–water partition coefficient (Wildman–Crippen LogP) is 4.71. The number of fused-ring (bicyclic) bond motifs is 2. The number of aromatic nitrogens is 2. The minimum absolute atomic E-state index is 0.163. The van der Waals surface area contributed by atoms with Crippen LogP contribution in [0.3, 0.4) is 0 Å². The van der Waals surface area contributed by atoms with Crippen molar-refractivity contribution in [3.05, 3.63) is 41.1 Å². The van der Waals surface area contributed by atoms with E-state index in [0.29, 0.717) is 19.6 Å². The third-order valence-corrected chi connectivity index (χ3v) is 8.51. The van der Waals surface area contributed by atoms with E-state index in [1.165, 1.54) is 16.8 Å². The highest BCUT2D eigenvalue weighted by molar-refractivity contribution is 7.98. The van der Waals surface area contributed by atoms with E-state index in [4.69, 9.17) is 14.7 Å². The molecule has 3 aliphatic rings. The molecule has 0 saturated carbocycles. The van der Waals surface area contributed by atoms with Gasteiger partial charge in [0.05, 0.1) is 24.2 Å². The lowest BCUT2D eigenvalue weighted by Crippen LogP contribution is -2.56. The first-order valence-electron chi connectivity index (χ1n) is 13.5. The molecule has 8 nitrogen and oxygen atoms in total. The first-order valence-corrected chi connectivity index (χ1v) is 14.7. The van der Waals surface area contributed by atoms with Gasteiger partial charge in [0, 0.05) is 44.5 Å². The molecule has 0 radical (unpaired) electrons. The molecule has 202 valence electrons. The quantitative estimate of drug-likeness (QED) is 0.414. The molecule has 0 unspecified atom stereocenters. The second kappa shape index (κ2) is 10.3. The maximum Gasteiger partial charge on any atom is 0.410 e. The number of piperazine rings is 1. The Balaban J connectivity index is 1.42. The van der Waals surface area contributed by atoms with Crippen molar-refractivity contribution in [3.63, 3.8) is 0 Å². The third-order valence-electron chi connectivity index (χ3n) is 7.96. The van der Waals surface area contributed by atoms with Crippen LogP contribution >= 0.6 is 11.8 Å². The zero-order valence-electron chi connectivity index (χ0n) is 23.2. The van der Waals surface area contributed by atoms with Gasteiger partial charge in [-0.05, 0) is 69.8 Å². The summed E-state index contributed by atoms with van der Waals surface area (Å²) in [6, 6.07) is 10.8. The number of ether oxygens (including phenoxy) is 1. The summed E-state index contributed by atoms with van der Waals surface area (Å²) in [6.07, 6.45) is 5.96. The Hall–Kier alpha value is -2.99. The Bertz CT molecular complexity index is 1250. The molecular weight excluding hydrogens is 496 g/mol. The van der Waals surface area contributed by atoms with Gasteiger partial charge in [0.1, 0.15) is 11.4 Å². The van der Waals surface area contributed by atoms with Gasteiger partial charge in [-0.3, -0.25) is 0 Å². The highest BCUT2D eigenvalue weighted by Gasteiger charge is 2.42. The van der Waals surface area contributed by atoms with Gasteiger partial charge in [0.25, 0.3) is 0 Å². The molecular formula is C29H38N6O2S. The van der Waals surface area contributed by atoms with E-state index < -0.39 is 5.60 Å². The number of amides is 1. The van der Waals surface area contributed by atoms with Crippen LogP contribution in [0.1, 0.15) is 50.4 Å². The lowest BCUT2D eigenvalue weighted by Gasteiger charge is -2.46. The van der Waals surface area contributed by atoms with Crippen LogP contribution in [-0.4, -0.2) is 72.1 Å². The summed E-state index contributed by atoms with van der Waals surface area (Å²) < 4.78 is 5.65. The molecule has 1 aromatic carbocycles. The standard InChI is InChI=1S/C29H38N6O2S/c1-28(2,3)37-27(36)35-15-14-34(18-21(35)11-13-30)25-22-10-12-29(17-23(22)31-26(32-25)38-5)16-20-8-6-7-9-24(20)33(4)19-29/h6-9,21H,10-12,14-19H2,1-5H3/t21-,29+/m0/s1. The third kappa shape index (κ3) is 5.28. The second-order valence-electron chi connectivity index (χ2n) is 11.9. The molecule has 1 aliphatic carbocycles. The monoisotopic (exact) mass is 534 g/mol. The molecule has 1 aromatic heterocycles. The van der Waals surface area contributed by atoms with Gasteiger partial charge in [-0.1, -0.05) is 30.0 Å². The molecule has 38 heavy (non-hydrogen) atoms. The van der Waals surface area contributed by atoms with Crippen LogP contribution < -0.4 is 9.80 Å². The van der Waals surface area contributed by atoms with Crippen LogP contribution in [0.5, 0.6) is 0 Å². The number of thioether (sulfide) groups is 1. The minimum Gasteiger partial charge on any atom is -0.444 e. The Morgan fingerprint density at radius 2 is 2.03 bits per heavy atom. The summed E-state index contributed by atoms with van der Waals surface area (Å²) in [5.41, 5.74) is 4.73. The number of carbonyl (C=O) groups excluding carboxylic acids is 1. The number of nitrogens with zero attached hydrogens (tertiary/aromatic N) is 6. The first-order chi connectivity index (χ1) is 18.1. The SMILES string of the molecule is CSc1nc2c(c(N3CCN(C(=O)OC(C)(C)C)[C@@H](CC#N)C3)n1)CC[C@@]1(Cc3ccccc3N(C)C1)C2. The zero-order valence-corrected chi connectivity index (χ0v) is 24.0. The largest absolute Gasteiger partial charge is 0.444 e. The molecule has 9 heteroatoms. The second-order valence-corrected chi connectivity index (χ2v) is 12.7. The van der Waals surface area contributed by atoms with Gasteiger partial charge in [-0.2, -0.15) is 5.26 Å². The van der Waals surface area contributed by atoms with E-state index >= 15 is 0 Å². The van der Waals surface area contributed by atoms with E-state index in [2.05, 4.69) is 47.2 Å². The van der Waals surface area contributed by atoms with Gasteiger partial charge in [-0.15, -0.1) is 0 Å². The molecule has 0 N–H and O–H groups in total. The van der Waals surface area contributed by atoms with Crippen LogP contribution in [0.4, 0.5) is 16.3 Å². The Labute approximate surface area is 230 Å². The van der Waals surface area contributed by atoms with Gasteiger partial charge < -0.3 is 19.4 Å². The molecule has 1 saturated heterocycles. The Morgan fingerprint density at radius 3 is 2.76 bits per heavy atom. The van der Waals surface area contributed by atoms with Gasteiger partial charge in [0.15, 0.2) is 5.16 Å². The number of nitriles is 1. The van der Waals surface area contributed by atoms with Crippen molar-refractivity contribution in [2.24, 2.45) is 5.41 Å². The average Bonchev–Trinajstić information content (AvgIpc) is 2.87. The smallest absolute Gasteiger partial charge is 0.410 e. The summed E-state index contributed by atoms with van der Waals surface area (Å²) in [5, 5.41) is 10.3. The summed E-state index contributed by atoms with van der Waals surface area (Å²) >= 11 is 1.57. The summed E-state index contributed by atoms with van der Waals surface area (Å²) in [7, 11) is 2.20. The minimum atomic E-state index is -0.575. The summed E-state index contributed by atoms with van der Waals surface area (Å²) in [4.78, 5) is 29.3. The average molecular weight is 535 g/mol. The van der Waals surface area contributed by atoms with Crippen molar-refractivity contribution in [1.82, 2.24) is 14.9 Å². The fourth-order valence-electron chi connectivity index (χ4n) is 6.34. The number of benzene rings is 1. The maximum atomic E-state index is 12.9. The van der Waals surface area contributed by atoms with Crippen LogP contribution in [0, 0.1) is 16.7 Å². The van der Waals surface area contributed by atoms with Crippen LogP contribution in [0.15, 0.2) is 29.4 Å². The van der Waals surface area contributed by atoms with Crippen molar-refractivity contribution < 1.29 is 9.53 Å². The molecule has 1 fully saturated rings. The van der Waals surface area contributed by atoms with E-state index in [1.807, 2.05) is 27.0 Å². The Kier molecular flexibility index (Phi) is 7.21. The van der Waals surface area contributed by atoms with Gasteiger partial charge in [-0.25, -0.2) is 14.8 Å². The van der Waals surface area contributed by atoms with Gasteiger partial charge >= 0.3 is 6.09 Å². The topological polar surface area (TPSA) is 85.6 Å². The van der Waals surface area contributed by atoms with Crippen molar-refractivity contribution in [1.29, 1.82) is 5.26 Å². The lowest BCUT2D eigenvalue weighted by atomic mass is 9.67. The van der Waals surface area contributed by atoms with E-state index in [-0.39, 0.29) is 24.0 Å². The number of anilines is 2. The highest BCUT2D eigenvalue weighted by Crippen LogP contribution is 2.45. The molecule has 1 amide bonds. The van der Waals surface area contributed by atoms with Gasteiger partial charge in [0.2, 0.25) is 0 Å². The van der Waals surface area contributed by atoms with Crippen molar-refractivity contribution in [2.45, 2.75) is 69.7 Å². The molecule has 2 aliphatic heterocycles. The normalized spacial score (nSPS) is 23.1. The van der Waals surface area contributed by atoms with E-state index in [9.17, 15) is 10.1 Å². The molecule has 3 heterocycles. The fourth-order valence-corrected chi connectivity index (χ4v) is 6.72. The van der Waals surface area contributed by atoms with Crippen LogP contribution in [-0.2, 0) is 24.0 Å². The molecule has 2 atom stereocenters. The lowest BCUT2D eigenvalue weighted by molar-refractivity contribution is 0.0144. The fraction of sp³-hybridized carbons (Fsp3) is 0.586. The number of hydrogen-bond acceptors (Lipinski definition) is 8. The Morgan fingerprint density at radius 1 is 1.24 bits per heavy atom. The number of hydrogen-bond donors (Lipinski definition) is 0. The van der Waals surface area contributed by atoms with E-state index in [0.717, 1.165) is 48.9 Å². The van der Waals surface area contributed by atoms with Crippen molar-refractivity contribution in [3.8, 4) is 6.07 Å². The molecule has 5 rings (SSSR count). The molecule has 0 bridgehead atoms. The summed E-state index contributed by atoms with van der Waals surface area (Å²) in [6.45, 7) is 8.34. The van der Waals surface area contributed by atoms with Crippen molar-refractivity contribution in [2.75, 3.05) is 49.3 Å². The number of para-hydroxylation sites is 1. The van der Waals surface area contributed by atoms with Crippen LogP contribution in [0.2, 0.25) is 0 Å².